The van der Waals surface area contributed by atoms with Crippen molar-refractivity contribution < 1.29 is 4.79 Å². The van der Waals surface area contributed by atoms with E-state index < -0.39 is 0 Å². The fourth-order valence-corrected chi connectivity index (χ4v) is 3.47. The number of thiazole rings is 1. The molecule has 0 saturated heterocycles. The maximum Gasteiger partial charge on any atom is 0.315 e. The molecule has 2 heterocycles. The highest BCUT2D eigenvalue weighted by Gasteiger charge is 2.09. The lowest BCUT2D eigenvalue weighted by Gasteiger charge is -2.07. The Balaban J connectivity index is 1.44. The van der Waals surface area contributed by atoms with Crippen molar-refractivity contribution in [3.63, 3.8) is 0 Å². The first-order chi connectivity index (χ1) is 12.5. The van der Waals surface area contributed by atoms with Crippen LogP contribution in [0, 0.1) is 13.8 Å². The minimum Gasteiger partial charge on any atom is -0.338 e. The van der Waals surface area contributed by atoms with Crippen LogP contribution in [0.5, 0.6) is 0 Å². The number of carbonyl (C=O) groups is 1. The normalized spacial score (nSPS) is 10.7. The molecule has 0 spiro atoms. The summed E-state index contributed by atoms with van der Waals surface area (Å²) in [5, 5.41) is 13.6. The number of rotatable bonds is 6. The molecule has 8 heteroatoms. The van der Waals surface area contributed by atoms with Gasteiger partial charge in [-0.05, 0) is 37.6 Å². The van der Waals surface area contributed by atoms with Gasteiger partial charge in [0.2, 0.25) is 5.13 Å². The van der Waals surface area contributed by atoms with Gasteiger partial charge >= 0.3 is 6.03 Å². The number of nitrogens with zero attached hydrogens (tertiary/aromatic N) is 3. The zero-order valence-electron chi connectivity index (χ0n) is 14.6. The zero-order chi connectivity index (χ0) is 18.5. The maximum atomic E-state index is 11.9. The second kappa shape index (κ2) is 8.33. The van der Waals surface area contributed by atoms with Gasteiger partial charge < -0.3 is 10.6 Å². The number of hydrogen-bond acceptors (Lipinski definition) is 4. The highest BCUT2D eigenvalue weighted by atomic mass is 35.5. The summed E-state index contributed by atoms with van der Waals surface area (Å²) in [5.41, 5.74) is 3.97. The fourth-order valence-electron chi connectivity index (χ4n) is 2.48. The van der Waals surface area contributed by atoms with E-state index in [1.54, 1.807) is 23.5 Å². The molecule has 1 aromatic carbocycles. The number of carbonyl (C=O) groups excluding carboxylic acids is 1. The highest BCUT2D eigenvalue weighted by Crippen LogP contribution is 2.17. The van der Waals surface area contributed by atoms with Crippen LogP contribution < -0.4 is 10.6 Å². The van der Waals surface area contributed by atoms with E-state index in [2.05, 4.69) is 20.7 Å². The summed E-state index contributed by atoms with van der Waals surface area (Å²) in [4.78, 5) is 16.5. The Morgan fingerprint density at radius 1 is 1.23 bits per heavy atom. The summed E-state index contributed by atoms with van der Waals surface area (Å²) in [6.45, 7) is 4.95. The van der Waals surface area contributed by atoms with E-state index >= 15 is 0 Å². The predicted octanol–water partition coefficient (Wildman–Crippen LogP) is 3.64. The summed E-state index contributed by atoms with van der Waals surface area (Å²) >= 11 is 7.39. The summed E-state index contributed by atoms with van der Waals surface area (Å²) in [6, 6.07) is 9.21. The van der Waals surface area contributed by atoms with Crippen LogP contribution in [-0.2, 0) is 13.0 Å². The molecule has 0 fully saturated rings. The highest BCUT2D eigenvalue weighted by molar-refractivity contribution is 7.12. The second-order valence-corrected chi connectivity index (χ2v) is 7.22. The lowest BCUT2D eigenvalue weighted by atomic mass is 10.2. The van der Waals surface area contributed by atoms with Gasteiger partial charge in [0.25, 0.3) is 0 Å². The number of amides is 2. The van der Waals surface area contributed by atoms with Crippen molar-refractivity contribution in [1.29, 1.82) is 0 Å². The lowest BCUT2D eigenvalue weighted by molar-refractivity contribution is 0.240. The Morgan fingerprint density at radius 3 is 2.69 bits per heavy atom. The van der Waals surface area contributed by atoms with Crippen molar-refractivity contribution in [2.45, 2.75) is 26.8 Å². The van der Waals surface area contributed by atoms with Crippen molar-refractivity contribution in [2.75, 3.05) is 6.54 Å². The summed E-state index contributed by atoms with van der Waals surface area (Å²) in [7, 11) is 0. The molecular weight excluding hydrogens is 370 g/mol. The largest absolute Gasteiger partial charge is 0.338 e. The van der Waals surface area contributed by atoms with E-state index in [4.69, 9.17) is 11.6 Å². The third-order valence-corrected chi connectivity index (χ3v) is 4.88. The van der Waals surface area contributed by atoms with Gasteiger partial charge in [-0.3, -0.25) is 0 Å². The molecule has 2 aromatic heterocycles. The van der Waals surface area contributed by atoms with Crippen LogP contribution in [0.15, 0.2) is 35.7 Å². The van der Waals surface area contributed by atoms with Crippen LogP contribution in [0.1, 0.15) is 22.6 Å². The van der Waals surface area contributed by atoms with Crippen LogP contribution in [-0.4, -0.2) is 27.3 Å². The number of urea groups is 1. The third kappa shape index (κ3) is 4.83. The average Bonchev–Trinajstić information content (AvgIpc) is 3.20. The molecule has 6 nitrogen and oxygen atoms in total. The van der Waals surface area contributed by atoms with Crippen molar-refractivity contribution in [3.8, 4) is 5.13 Å². The molecule has 0 aliphatic carbocycles. The third-order valence-electron chi connectivity index (χ3n) is 3.76. The van der Waals surface area contributed by atoms with Gasteiger partial charge in [-0.2, -0.15) is 5.10 Å². The molecule has 0 bridgehead atoms. The van der Waals surface area contributed by atoms with E-state index in [-0.39, 0.29) is 6.03 Å². The minimum atomic E-state index is -0.200. The number of halogens is 1. The van der Waals surface area contributed by atoms with E-state index in [0.717, 1.165) is 27.8 Å². The molecule has 3 rings (SSSR count). The molecule has 136 valence electrons. The van der Waals surface area contributed by atoms with E-state index in [0.29, 0.717) is 24.5 Å². The zero-order valence-corrected chi connectivity index (χ0v) is 16.2. The van der Waals surface area contributed by atoms with Crippen molar-refractivity contribution in [2.24, 2.45) is 0 Å². The first-order valence-electron chi connectivity index (χ1n) is 8.25. The van der Waals surface area contributed by atoms with Gasteiger partial charge in [0, 0.05) is 35.6 Å². The number of nitrogens with one attached hydrogen (secondary N) is 2. The fraction of sp³-hybridized carbons (Fsp3) is 0.278. The maximum absolute atomic E-state index is 11.9. The van der Waals surface area contributed by atoms with Gasteiger partial charge in [-0.25, -0.2) is 14.5 Å². The second-order valence-electron chi connectivity index (χ2n) is 5.95. The molecule has 0 atom stereocenters. The number of hydrogen-bond donors (Lipinski definition) is 2. The molecule has 0 radical (unpaired) electrons. The summed E-state index contributed by atoms with van der Waals surface area (Å²) < 4.78 is 1.84. The quantitative estimate of drug-likeness (QED) is 0.676. The van der Waals surface area contributed by atoms with Gasteiger partial charge in [-0.1, -0.05) is 23.7 Å². The van der Waals surface area contributed by atoms with Crippen molar-refractivity contribution in [1.82, 2.24) is 25.4 Å². The molecule has 0 aliphatic heterocycles. The van der Waals surface area contributed by atoms with Crippen molar-refractivity contribution >= 4 is 29.0 Å². The molecule has 3 aromatic rings. The molecule has 2 N–H and O–H groups in total. The molecule has 0 aliphatic rings. The van der Waals surface area contributed by atoms with E-state index in [1.807, 2.05) is 42.1 Å². The van der Waals surface area contributed by atoms with Crippen LogP contribution in [0.4, 0.5) is 4.79 Å². The Hall–Kier alpha value is -2.38. The Morgan fingerprint density at radius 2 is 2.00 bits per heavy atom. The Bertz CT molecular complexity index is 887. The first kappa shape index (κ1) is 18.4. The molecular formula is C18H20ClN5OS. The van der Waals surface area contributed by atoms with Crippen LogP contribution in [0.2, 0.25) is 5.02 Å². The lowest BCUT2D eigenvalue weighted by Crippen LogP contribution is -2.36. The SMILES string of the molecule is Cc1cc(C)n(-c2nc(CCNC(=O)NCc3ccc(Cl)cc3)cs2)n1. The van der Waals surface area contributed by atoms with Gasteiger partial charge in [-0.15, -0.1) is 11.3 Å². The van der Waals surface area contributed by atoms with Crippen molar-refractivity contribution in [3.05, 3.63) is 63.4 Å². The molecule has 2 amide bonds. The number of aromatic nitrogens is 3. The monoisotopic (exact) mass is 389 g/mol. The average molecular weight is 390 g/mol. The smallest absolute Gasteiger partial charge is 0.315 e. The van der Waals surface area contributed by atoms with Crippen LogP contribution in [0.25, 0.3) is 5.13 Å². The summed E-state index contributed by atoms with van der Waals surface area (Å²) in [6.07, 6.45) is 0.671. The molecule has 0 unspecified atom stereocenters. The Labute approximate surface area is 161 Å². The van der Waals surface area contributed by atoms with Crippen LogP contribution in [0.3, 0.4) is 0 Å². The minimum absolute atomic E-state index is 0.200. The number of aryl methyl sites for hydroxylation is 2. The van der Waals surface area contributed by atoms with Gasteiger partial charge in [0.15, 0.2) is 0 Å². The Kier molecular flexibility index (Phi) is 5.90. The van der Waals surface area contributed by atoms with Gasteiger partial charge in [0.05, 0.1) is 11.4 Å². The van der Waals surface area contributed by atoms with Crippen LogP contribution >= 0.6 is 22.9 Å². The van der Waals surface area contributed by atoms with Gasteiger partial charge in [0.1, 0.15) is 0 Å². The summed E-state index contributed by atoms with van der Waals surface area (Å²) in [5.74, 6) is 0. The molecule has 0 saturated carbocycles. The topological polar surface area (TPSA) is 71.8 Å². The number of benzene rings is 1. The molecule has 26 heavy (non-hydrogen) atoms. The van der Waals surface area contributed by atoms with E-state index in [9.17, 15) is 4.79 Å². The van der Waals surface area contributed by atoms with E-state index in [1.165, 1.54) is 0 Å². The first-order valence-corrected chi connectivity index (χ1v) is 9.51. The predicted molar refractivity (Wildman–Crippen MR) is 104 cm³/mol. The standard InChI is InChI=1S/C18H20ClN5OS/c1-12-9-13(2)24(23-12)18-22-16(11-26-18)7-8-20-17(25)21-10-14-3-5-15(19)6-4-14/h3-6,9,11H,7-8,10H2,1-2H3,(H2,20,21,25).